The van der Waals surface area contributed by atoms with E-state index in [9.17, 15) is 9.59 Å². The smallest absolute Gasteiger partial charge is 0.353 e. The molecule has 0 aromatic heterocycles. The van der Waals surface area contributed by atoms with Crippen LogP contribution in [0.15, 0.2) is 12.3 Å². The average Bonchev–Trinajstić information content (AvgIpc) is 2.19. The normalized spacial score (nSPS) is 10.1. The van der Waals surface area contributed by atoms with E-state index in [0.717, 1.165) is 0 Å². The van der Waals surface area contributed by atoms with Crippen molar-refractivity contribution in [3.63, 3.8) is 0 Å². The van der Waals surface area contributed by atoms with Crippen LogP contribution < -0.4 is 11.0 Å². The maximum absolute atomic E-state index is 9.95. The summed E-state index contributed by atoms with van der Waals surface area (Å²) in [6.45, 7) is 4.60. The minimum absolute atomic E-state index is 0. The minimum atomic E-state index is -1.12. The molecule has 4 N–H and O–H groups in total. The topological polar surface area (TPSA) is 117 Å². The van der Waals surface area contributed by atoms with Gasteiger partial charge in [-0.2, -0.15) is 5.48 Å². The summed E-state index contributed by atoms with van der Waals surface area (Å²) in [5.41, 5.74) is 4.12. The zero-order valence-corrected chi connectivity index (χ0v) is 9.31. The van der Waals surface area contributed by atoms with E-state index in [1.54, 1.807) is 0 Å². The second kappa shape index (κ2) is 12.4. The molecule has 0 aliphatic rings. The van der Waals surface area contributed by atoms with E-state index in [1.807, 2.05) is 0 Å². The Morgan fingerprint density at radius 2 is 1.71 bits per heavy atom. The van der Waals surface area contributed by atoms with Gasteiger partial charge in [0.25, 0.3) is 0 Å². The molecule has 0 aliphatic heterocycles. The Morgan fingerprint density at radius 1 is 1.24 bits per heavy atom. The molecular formula is C9H20N2O6. The van der Waals surface area contributed by atoms with E-state index < -0.39 is 18.0 Å². The first-order valence-electron chi connectivity index (χ1n) is 4.09. The summed E-state index contributed by atoms with van der Waals surface area (Å²) in [5.74, 6) is -2.04. The van der Waals surface area contributed by atoms with Gasteiger partial charge in [-0.25, -0.2) is 4.79 Å². The molecule has 0 bridgehead atoms. The first-order chi connectivity index (χ1) is 7.36. The van der Waals surface area contributed by atoms with Crippen LogP contribution in [0.5, 0.6) is 0 Å². The van der Waals surface area contributed by atoms with Crippen molar-refractivity contribution in [2.75, 3.05) is 14.2 Å². The molecule has 8 nitrogen and oxygen atoms in total. The van der Waals surface area contributed by atoms with Crippen molar-refractivity contribution in [3.8, 4) is 0 Å². The van der Waals surface area contributed by atoms with Crippen molar-refractivity contribution in [1.82, 2.24) is 11.0 Å². The maximum Gasteiger partial charge on any atom is 0.353 e. The molecule has 0 heterocycles. The lowest BCUT2D eigenvalue weighted by Gasteiger charge is -2.03. The van der Waals surface area contributed by atoms with Crippen LogP contribution in [-0.4, -0.2) is 42.4 Å². The first-order valence-corrected chi connectivity index (χ1v) is 4.09. The SMILES string of the molecule is C.C=C(NOC)C(=O)O.CON[C@H](C)C(=O)O. The van der Waals surface area contributed by atoms with Gasteiger partial charge in [-0.1, -0.05) is 14.0 Å². The third kappa shape index (κ3) is 14.4. The summed E-state index contributed by atoms with van der Waals surface area (Å²) < 4.78 is 0. The van der Waals surface area contributed by atoms with E-state index in [2.05, 4.69) is 27.2 Å². The fraction of sp³-hybridized carbons (Fsp3) is 0.556. The molecule has 0 saturated heterocycles. The summed E-state index contributed by atoms with van der Waals surface area (Å²) in [4.78, 5) is 28.4. The molecule has 0 radical (unpaired) electrons. The fourth-order valence-corrected chi connectivity index (χ4v) is 0.394. The van der Waals surface area contributed by atoms with Crippen molar-refractivity contribution in [3.05, 3.63) is 12.3 Å². The summed E-state index contributed by atoms with van der Waals surface area (Å²) in [7, 11) is 2.69. The molecule has 102 valence electrons. The van der Waals surface area contributed by atoms with Crippen LogP contribution >= 0.6 is 0 Å². The Balaban J connectivity index is -0.000000218. The zero-order chi connectivity index (χ0) is 13.1. The van der Waals surface area contributed by atoms with Crippen molar-refractivity contribution in [1.29, 1.82) is 0 Å². The van der Waals surface area contributed by atoms with Gasteiger partial charge in [0.2, 0.25) is 0 Å². The Labute approximate surface area is 100 Å². The molecule has 0 spiro atoms. The second-order valence-corrected chi connectivity index (χ2v) is 2.47. The third-order valence-electron chi connectivity index (χ3n) is 1.15. The molecule has 0 rings (SSSR count). The summed E-state index contributed by atoms with van der Waals surface area (Å²) in [5, 5.41) is 16.2. The van der Waals surface area contributed by atoms with Crippen molar-refractivity contribution in [2.45, 2.75) is 20.4 Å². The highest BCUT2D eigenvalue weighted by atomic mass is 16.6. The molecule has 0 aromatic carbocycles. The van der Waals surface area contributed by atoms with Gasteiger partial charge in [-0.3, -0.25) is 15.1 Å². The lowest BCUT2D eigenvalue weighted by Crippen LogP contribution is -2.32. The highest BCUT2D eigenvalue weighted by Gasteiger charge is 2.07. The van der Waals surface area contributed by atoms with Crippen molar-refractivity contribution < 1.29 is 29.5 Å². The molecule has 8 heteroatoms. The Bertz CT molecular complexity index is 244. The molecular weight excluding hydrogens is 232 g/mol. The summed E-state index contributed by atoms with van der Waals surface area (Å²) >= 11 is 0. The first kappa shape index (κ1) is 20.7. The van der Waals surface area contributed by atoms with Gasteiger partial charge >= 0.3 is 11.9 Å². The van der Waals surface area contributed by atoms with Gasteiger partial charge in [-0.15, -0.1) is 0 Å². The molecule has 1 atom stereocenters. The van der Waals surface area contributed by atoms with Crippen LogP contribution in [0.3, 0.4) is 0 Å². The fourth-order valence-electron chi connectivity index (χ4n) is 0.394. The Hall–Kier alpha value is -1.64. The summed E-state index contributed by atoms with van der Waals surface area (Å²) in [6, 6.07) is -0.639. The molecule has 0 aromatic rings. The quantitative estimate of drug-likeness (QED) is 0.385. The number of nitrogens with one attached hydrogen (secondary N) is 2. The highest BCUT2D eigenvalue weighted by Crippen LogP contribution is 1.79. The lowest BCUT2D eigenvalue weighted by molar-refractivity contribution is -0.142. The number of hydrogen-bond donors (Lipinski definition) is 4. The molecule has 0 saturated carbocycles. The molecule has 17 heavy (non-hydrogen) atoms. The third-order valence-corrected chi connectivity index (χ3v) is 1.15. The van der Waals surface area contributed by atoms with Crippen LogP contribution in [0.1, 0.15) is 14.4 Å². The van der Waals surface area contributed by atoms with Crippen LogP contribution in [0.4, 0.5) is 0 Å². The molecule has 0 fully saturated rings. The zero-order valence-electron chi connectivity index (χ0n) is 9.31. The van der Waals surface area contributed by atoms with Gasteiger partial charge in [0.1, 0.15) is 11.7 Å². The van der Waals surface area contributed by atoms with E-state index in [0.29, 0.717) is 0 Å². The minimum Gasteiger partial charge on any atom is -0.480 e. The lowest BCUT2D eigenvalue weighted by atomic mass is 10.4. The molecule has 0 unspecified atom stereocenters. The van der Waals surface area contributed by atoms with Gasteiger partial charge in [-0.05, 0) is 6.92 Å². The average molecular weight is 252 g/mol. The number of hydrogen-bond acceptors (Lipinski definition) is 6. The van der Waals surface area contributed by atoms with E-state index in [-0.39, 0.29) is 13.1 Å². The van der Waals surface area contributed by atoms with Crippen molar-refractivity contribution >= 4 is 11.9 Å². The van der Waals surface area contributed by atoms with Gasteiger partial charge in [0, 0.05) is 0 Å². The predicted octanol–water partition coefficient (Wildman–Crippen LogP) is -0.0177. The number of hydroxylamine groups is 2. The van der Waals surface area contributed by atoms with Gasteiger partial charge in [0.15, 0.2) is 0 Å². The summed E-state index contributed by atoms with van der Waals surface area (Å²) in [6.07, 6.45) is 0. The number of carbonyl (C=O) groups is 2. The van der Waals surface area contributed by atoms with Crippen LogP contribution in [0.25, 0.3) is 0 Å². The Kier molecular flexibility index (Phi) is 15.2. The van der Waals surface area contributed by atoms with Gasteiger partial charge in [0.05, 0.1) is 14.2 Å². The molecule has 0 amide bonds. The van der Waals surface area contributed by atoms with Crippen LogP contribution in [0.2, 0.25) is 0 Å². The van der Waals surface area contributed by atoms with E-state index in [1.165, 1.54) is 21.1 Å². The molecule has 0 aliphatic carbocycles. The number of carboxylic acids is 2. The number of aliphatic carboxylic acids is 2. The largest absolute Gasteiger partial charge is 0.480 e. The highest BCUT2D eigenvalue weighted by molar-refractivity contribution is 5.84. The van der Waals surface area contributed by atoms with E-state index >= 15 is 0 Å². The second-order valence-electron chi connectivity index (χ2n) is 2.47. The van der Waals surface area contributed by atoms with Crippen LogP contribution in [-0.2, 0) is 19.3 Å². The van der Waals surface area contributed by atoms with Crippen molar-refractivity contribution in [2.24, 2.45) is 0 Å². The van der Waals surface area contributed by atoms with Gasteiger partial charge < -0.3 is 15.1 Å². The number of carboxylic acid groups (broad SMARTS) is 2. The predicted molar refractivity (Wildman–Crippen MR) is 60.9 cm³/mol. The Morgan fingerprint density at radius 3 is 1.82 bits per heavy atom. The standard InChI is InChI=1S/C4H9NO3.C4H7NO3.CH4/c2*1-3(4(6)7)5-8-2;/h3,5H,1-2H3,(H,6,7);5H,1H2,2H3,(H,6,7);1H4/t3-;;/m1../s1. The van der Waals surface area contributed by atoms with E-state index in [4.69, 9.17) is 10.2 Å². The number of rotatable bonds is 6. The van der Waals surface area contributed by atoms with Crippen LogP contribution in [0, 0.1) is 0 Å². The monoisotopic (exact) mass is 252 g/mol. The maximum atomic E-state index is 9.95.